The summed E-state index contributed by atoms with van der Waals surface area (Å²) in [5, 5.41) is 0.959. The van der Waals surface area contributed by atoms with Crippen molar-refractivity contribution >= 4 is 26.9 Å². The van der Waals surface area contributed by atoms with Crippen LogP contribution in [0.15, 0.2) is 18.6 Å². The minimum Gasteiger partial charge on any atom is -0.354 e. The van der Waals surface area contributed by atoms with E-state index in [9.17, 15) is 8.42 Å². The molecule has 1 saturated heterocycles. The van der Waals surface area contributed by atoms with Gasteiger partial charge in [-0.25, -0.2) is 18.4 Å². The number of fused-ring (bicyclic) bond motifs is 1. The Hall–Kier alpha value is -1.67. The average molecular weight is 351 g/mol. The van der Waals surface area contributed by atoms with Gasteiger partial charge in [0.05, 0.1) is 11.1 Å². The van der Waals surface area contributed by atoms with Crippen LogP contribution in [0.4, 0.5) is 5.82 Å². The summed E-state index contributed by atoms with van der Waals surface area (Å²) in [4.78, 5) is 13.9. The molecule has 1 aliphatic heterocycles. The Morgan fingerprint density at radius 3 is 2.96 bits per heavy atom. The van der Waals surface area contributed by atoms with E-state index < -0.39 is 10.0 Å². The van der Waals surface area contributed by atoms with E-state index >= 15 is 0 Å². The van der Waals surface area contributed by atoms with Crippen molar-refractivity contribution in [2.45, 2.75) is 32.7 Å². The Morgan fingerprint density at radius 2 is 2.21 bits per heavy atom. The van der Waals surface area contributed by atoms with Crippen LogP contribution in [0.25, 0.3) is 11.0 Å². The van der Waals surface area contributed by atoms with Gasteiger partial charge >= 0.3 is 0 Å². The van der Waals surface area contributed by atoms with Gasteiger partial charge in [-0.1, -0.05) is 13.8 Å². The van der Waals surface area contributed by atoms with Gasteiger partial charge in [0.2, 0.25) is 10.0 Å². The van der Waals surface area contributed by atoms with Gasteiger partial charge in [0.15, 0.2) is 0 Å². The predicted molar refractivity (Wildman–Crippen MR) is 95.5 cm³/mol. The Balaban J connectivity index is 1.88. The number of likely N-dealkylation sites (N-methyl/N-ethyl adjacent to an activating group) is 1. The monoisotopic (exact) mass is 351 g/mol. The maximum Gasteiger partial charge on any atom is 0.214 e. The van der Waals surface area contributed by atoms with Crippen LogP contribution in [0.1, 0.15) is 26.7 Å². The van der Waals surface area contributed by atoms with E-state index in [1.54, 1.807) is 10.6 Å². The SMILES string of the molecule is CCCS(=O)(=O)N1CC[C@@H](C)[C@H](N(C)c2ncnc3[nH]ccc23)C1. The quantitative estimate of drug-likeness (QED) is 0.889. The lowest BCUT2D eigenvalue weighted by Crippen LogP contribution is -2.53. The van der Waals surface area contributed by atoms with Crippen LogP contribution in [0.3, 0.4) is 0 Å². The summed E-state index contributed by atoms with van der Waals surface area (Å²) in [7, 11) is -1.18. The molecular formula is C16H25N5O2S. The van der Waals surface area contributed by atoms with E-state index in [-0.39, 0.29) is 11.8 Å². The average Bonchev–Trinajstić information content (AvgIpc) is 3.03. The highest BCUT2D eigenvalue weighted by molar-refractivity contribution is 7.89. The van der Waals surface area contributed by atoms with Crippen LogP contribution in [0, 0.1) is 5.92 Å². The van der Waals surface area contributed by atoms with Gasteiger partial charge in [-0.05, 0) is 24.8 Å². The minimum absolute atomic E-state index is 0.0957. The van der Waals surface area contributed by atoms with Crippen LogP contribution < -0.4 is 4.90 Å². The zero-order valence-electron chi connectivity index (χ0n) is 14.4. The first kappa shape index (κ1) is 17.2. The number of sulfonamides is 1. The number of rotatable bonds is 5. The van der Waals surface area contributed by atoms with E-state index in [0.717, 1.165) is 23.3 Å². The van der Waals surface area contributed by atoms with E-state index in [4.69, 9.17) is 0 Å². The number of anilines is 1. The summed E-state index contributed by atoms with van der Waals surface area (Å²) >= 11 is 0. The fraction of sp³-hybridized carbons (Fsp3) is 0.625. The summed E-state index contributed by atoms with van der Waals surface area (Å²) in [5.41, 5.74) is 0.797. The van der Waals surface area contributed by atoms with Crippen molar-refractivity contribution in [3.05, 3.63) is 18.6 Å². The number of piperidine rings is 1. The third-order valence-electron chi connectivity index (χ3n) is 4.90. The van der Waals surface area contributed by atoms with Gasteiger partial charge in [0.1, 0.15) is 17.8 Å². The standard InChI is InChI=1S/C16H25N5O2S/c1-4-9-24(22,23)21-8-6-12(2)14(10-21)20(3)16-13-5-7-17-15(13)18-11-19-16/h5,7,11-12,14H,4,6,8-10H2,1-3H3,(H,17,18,19)/t12-,14-/m1/s1. The van der Waals surface area contributed by atoms with Crippen molar-refractivity contribution in [2.75, 3.05) is 30.8 Å². The number of hydrogen-bond acceptors (Lipinski definition) is 5. The molecule has 0 spiro atoms. The van der Waals surface area contributed by atoms with Gasteiger partial charge < -0.3 is 9.88 Å². The van der Waals surface area contributed by atoms with Crippen molar-refractivity contribution in [2.24, 2.45) is 5.92 Å². The second kappa shape index (κ2) is 6.68. The van der Waals surface area contributed by atoms with Crippen molar-refractivity contribution in [1.29, 1.82) is 0 Å². The fourth-order valence-electron chi connectivity index (χ4n) is 3.46. The number of nitrogens with zero attached hydrogens (tertiary/aromatic N) is 4. The van der Waals surface area contributed by atoms with Crippen molar-refractivity contribution in [3.8, 4) is 0 Å². The molecule has 3 heterocycles. The molecule has 0 radical (unpaired) electrons. The van der Waals surface area contributed by atoms with Gasteiger partial charge in [0, 0.05) is 32.4 Å². The maximum absolute atomic E-state index is 12.4. The Bertz CT molecular complexity index is 804. The molecule has 0 aromatic carbocycles. The van der Waals surface area contributed by atoms with Crippen molar-refractivity contribution in [3.63, 3.8) is 0 Å². The lowest BCUT2D eigenvalue weighted by atomic mass is 9.93. The zero-order chi connectivity index (χ0) is 17.3. The molecule has 0 amide bonds. The van der Waals surface area contributed by atoms with Crippen LogP contribution in [0.2, 0.25) is 0 Å². The number of H-pyrrole nitrogens is 1. The van der Waals surface area contributed by atoms with Gasteiger partial charge in [-0.3, -0.25) is 0 Å². The molecule has 0 unspecified atom stereocenters. The fourth-order valence-corrected chi connectivity index (χ4v) is 5.00. The summed E-state index contributed by atoms with van der Waals surface area (Å²) in [6.07, 6.45) is 4.90. The zero-order valence-corrected chi connectivity index (χ0v) is 15.3. The lowest BCUT2D eigenvalue weighted by Gasteiger charge is -2.41. The molecule has 1 fully saturated rings. The molecule has 1 N–H and O–H groups in total. The molecule has 24 heavy (non-hydrogen) atoms. The molecule has 132 valence electrons. The molecule has 0 bridgehead atoms. The van der Waals surface area contributed by atoms with Crippen LogP contribution >= 0.6 is 0 Å². The Kier molecular flexibility index (Phi) is 4.78. The van der Waals surface area contributed by atoms with Gasteiger partial charge in [-0.2, -0.15) is 4.31 Å². The van der Waals surface area contributed by atoms with Gasteiger partial charge in [0.25, 0.3) is 0 Å². The van der Waals surface area contributed by atoms with Crippen LogP contribution in [-0.2, 0) is 10.0 Å². The first-order chi connectivity index (χ1) is 11.4. The van der Waals surface area contributed by atoms with Crippen LogP contribution in [-0.4, -0.2) is 59.6 Å². The summed E-state index contributed by atoms with van der Waals surface area (Å²) < 4.78 is 26.5. The van der Waals surface area contributed by atoms with Crippen molar-refractivity contribution in [1.82, 2.24) is 19.3 Å². The molecule has 1 aliphatic rings. The number of aromatic amines is 1. The molecule has 7 nitrogen and oxygen atoms in total. The molecule has 3 rings (SSSR count). The smallest absolute Gasteiger partial charge is 0.214 e. The predicted octanol–water partition coefficient (Wildman–Crippen LogP) is 1.84. The first-order valence-corrected chi connectivity index (χ1v) is 10.0. The highest BCUT2D eigenvalue weighted by Crippen LogP contribution is 2.29. The third kappa shape index (κ3) is 3.12. The summed E-state index contributed by atoms with van der Waals surface area (Å²) in [5.74, 6) is 1.45. The summed E-state index contributed by atoms with van der Waals surface area (Å²) in [6.45, 7) is 5.20. The van der Waals surface area contributed by atoms with E-state index in [1.165, 1.54) is 0 Å². The first-order valence-electron chi connectivity index (χ1n) is 8.42. The van der Waals surface area contributed by atoms with E-state index in [1.807, 2.05) is 26.2 Å². The highest BCUT2D eigenvalue weighted by atomic mass is 32.2. The van der Waals surface area contributed by atoms with Crippen LogP contribution in [0.5, 0.6) is 0 Å². The molecular weight excluding hydrogens is 326 g/mol. The molecule has 2 aromatic rings. The topological polar surface area (TPSA) is 82.2 Å². The molecule has 8 heteroatoms. The second-order valence-electron chi connectivity index (χ2n) is 6.56. The number of hydrogen-bond donors (Lipinski definition) is 1. The Morgan fingerprint density at radius 1 is 1.42 bits per heavy atom. The number of nitrogens with one attached hydrogen (secondary N) is 1. The second-order valence-corrected chi connectivity index (χ2v) is 8.64. The number of aromatic nitrogens is 3. The minimum atomic E-state index is -3.17. The van der Waals surface area contributed by atoms with Crippen molar-refractivity contribution < 1.29 is 8.42 Å². The molecule has 2 aromatic heterocycles. The summed E-state index contributed by atoms with van der Waals surface area (Å²) in [6, 6.07) is 2.05. The Labute approximate surface area is 143 Å². The normalized spacial score (nSPS) is 22.8. The molecule has 2 atom stereocenters. The maximum atomic E-state index is 12.4. The largest absolute Gasteiger partial charge is 0.354 e. The lowest BCUT2D eigenvalue weighted by molar-refractivity contribution is 0.247. The van der Waals surface area contributed by atoms with E-state index in [0.29, 0.717) is 25.4 Å². The van der Waals surface area contributed by atoms with Gasteiger partial charge in [-0.15, -0.1) is 0 Å². The highest BCUT2D eigenvalue weighted by Gasteiger charge is 2.35. The third-order valence-corrected chi connectivity index (χ3v) is 6.94. The van der Waals surface area contributed by atoms with E-state index in [2.05, 4.69) is 26.8 Å². The molecule has 0 aliphatic carbocycles. The molecule has 0 saturated carbocycles.